The topological polar surface area (TPSA) is 59.1 Å². The normalized spacial score (nSPS) is 10.6. The number of thiazole rings is 1. The summed E-state index contributed by atoms with van der Waals surface area (Å²) in [6.45, 7) is 3.35. The number of carbonyl (C=O) groups excluding carboxylic acids is 2. The molecule has 0 fully saturated rings. The lowest BCUT2D eigenvalue weighted by molar-refractivity contribution is -0.115. The summed E-state index contributed by atoms with van der Waals surface area (Å²) in [6.07, 6.45) is 0.155. The number of aryl methyl sites for hydroxylation is 1. The molecule has 0 spiro atoms. The minimum absolute atomic E-state index is 0.0576. The maximum atomic E-state index is 13.1. The van der Waals surface area contributed by atoms with Gasteiger partial charge in [-0.1, -0.05) is 12.1 Å². The molecule has 1 amide bonds. The SMILES string of the molecule is CC(=O)c1cccc(NC(=O)Cc2sc(C)nc2-c2ccc(F)cc2)c1. The van der Waals surface area contributed by atoms with E-state index >= 15 is 0 Å². The van der Waals surface area contributed by atoms with Crippen LogP contribution in [-0.2, 0) is 11.2 Å². The van der Waals surface area contributed by atoms with E-state index in [0.717, 1.165) is 15.4 Å². The number of benzene rings is 2. The minimum atomic E-state index is -0.314. The molecule has 0 radical (unpaired) electrons. The van der Waals surface area contributed by atoms with Gasteiger partial charge >= 0.3 is 0 Å². The molecule has 3 rings (SSSR count). The standard InChI is InChI=1S/C20H17FN2O2S/c1-12(24)15-4-3-5-17(10-15)23-19(25)11-18-20(22-13(2)26-18)14-6-8-16(21)9-7-14/h3-10H,11H2,1-2H3,(H,23,25). The fourth-order valence-electron chi connectivity index (χ4n) is 2.59. The van der Waals surface area contributed by atoms with Crippen LogP contribution in [0.2, 0.25) is 0 Å². The second-order valence-electron chi connectivity index (χ2n) is 5.87. The van der Waals surface area contributed by atoms with E-state index in [2.05, 4.69) is 10.3 Å². The van der Waals surface area contributed by atoms with Crippen LogP contribution in [-0.4, -0.2) is 16.7 Å². The number of nitrogens with zero attached hydrogens (tertiary/aromatic N) is 1. The molecule has 6 heteroatoms. The number of nitrogens with one attached hydrogen (secondary N) is 1. The van der Waals surface area contributed by atoms with Crippen LogP contribution in [0.1, 0.15) is 27.2 Å². The van der Waals surface area contributed by atoms with Crippen molar-refractivity contribution in [1.82, 2.24) is 4.98 Å². The zero-order valence-electron chi connectivity index (χ0n) is 14.4. The molecule has 0 atom stereocenters. The Balaban J connectivity index is 1.79. The van der Waals surface area contributed by atoms with Crippen LogP contribution in [0.4, 0.5) is 10.1 Å². The largest absolute Gasteiger partial charge is 0.326 e. The van der Waals surface area contributed by atoms with Gasteiger partial charge in [-0.05, 0) is 50.2 Å². The molecule has 0 aliphatic rings. The number of hydrogen-bond donors (Lipinski definition) is 1. The van der Waals surface area contributed by atoms with E-state index in [1.165, 1.54) is 30.4 Å². The van der Waals surface area contributed by atoms with Crippen molar-refractivity contribution in [2.24, 2.45) is 0 Å². The van der Waals surface area contributed by atoms with Gasteiger partial charge in [0.2, 0.25) is 5.91 Å². The Morgan fingerprint density at radius 1 is 1.15 bits per heavy atom. The number of rotatable bonds is 5. The highest BCUT2D eigenvalue weighted by Crippen LogP contribution is 2.29. The second kappa shape index (κ2) is 7.58. The van der Waals surface area contributed by atoms with E-state index in [1.54, 1.807) is 36.4 Å². The Hall–Kier alpha value is -2.86. The minimum Gasteiger partial charge on any atom is -0.326 e. The van der Waals surface area contributed by atoms with Gasteiger partial charge in [0.1, 0.15) is 5.82 Å². The van der Waals surface area contributed by atoms with Crippen molar-refractivity contribution in [2.45, 2.75) is 20.3 Å². The Morgan fingerprint density at radius 3 is 2.58 bits per heavy atom. The molecule has 132 valence electrons. The molecular formula is C20H17FN2O2S. The van der Waals surface area contributed by atoms with Gasteiger partial charge in [-0.15, -0.1) is 11.3 Å². The molecular weight excluding hydrogens is 351 g/mol. The van der Waals surface area contributed by atoms with Crippen LogP contribution in [0.15, 0.2) is 48.5 Å². The molecule has 2 aromatic carbocycles. The fourth-order valence-corrected chi connectivity index (χ4v) is 3.55. The molecule has 3 aromatic rings. The van der Waals surface area contributed by atoms with Crippen molar-refractivity contribution in [2.75, 3.05) is 5.32 Å². The zero-order valence-corrected chi connectivity index (χ0v) is 15.2. The van der Waals surface area contributed by atoms with Gasteiger partial charge in [0, 0.05) is 21.7 Å². The summed E-state index contributed by atoms with van der Waals surface area (Å²) >= 11 is 1.44. The third-order valence-corrected chi connectivity index (χ3v) is 4.77. The average molecular weight is 368 g/mol. The summed E-state index contributed by atoms with van der Waals surface area (Å²) in [7, 11) is 0. The summed E-state index contributed by atoms with van der Waals surface area (Å²) in [5, 5.41) is 3.65. The van der Waals surface area contributed by atoms with Crippen molar-refractivity contribution in [3.05, 3.63) is 69.8 Å². The van der Waals surface area contributed by atoms with Gasteiger partial charge < -0.3 is 5.32 Å². The predicted octanol–water partition coefficient (Wildman–Crippen LogP) is 4.64. The van der Waals surface area contributed by atoms with E-state index in [1.807, 2.05) is 6.92 Å². The number of amides is 1. The fraction of sp³-hybridized carbons (Fsp3) is 0.150. The number of aromatic nitrogens is 1. The molecule has 0 bridgehead atoms. The number of anilines is 1. The molecule has 4 nitrogen and oxygen atoms in total. The molecule has 26 heavy (non-hydrogen) atoms. The Morgan fingerprint density at radius 2 is 1.88 bits per heavy atom. The zero-order chi connectivity index (χ0) is 18.7. The Kier molecular flexibility index (Phi) is 5.23. The first kappa shape index (κ1) is 17.9. The first-order valence-corrected chi connectivity index (χ1v) is 8.87. The lowest BCUT2D eigenvalue weighted by Crippen LogP contribution is -2.14. The highest BCUT2D eigenvalue weighted by atomic mass is 32.1. The maximum Gasteiger partial charge on any atom is 0.229 e. The first-order valence-electron chi connectivity index (χ1n) is 8.05. The molecule has 0 saturated carbocycles. The third-order valence-electron chi connectivity index (χ3n) is 3.80. The summed E-state index contributed by atoms with van der Waals surface area (Å²) in [5.41, 5.74) is 2.59. The highest BCUT2D eigenvalue weighted by molar-refractivity contribution is 7.12. The van der Waals surface area contributed by atoms with Crippen molar-refractivity contribution in [3.8, 4) is 11.3 Å². The molecule has 0 saturated heterocycles. The summed E-state index contributed by atoms with van der Waals surface area (Å²) in [5.74, 6) is -0.569. The van der Waals surface area contributed by atoms with Gasteiger partial charge in [-0.25, -0.2) is 9.37 Å². The monoisotopic (exact) mass is 368 g/mol. The van der Waals surface area contributed by atoms with Crippen LogP contribution < -0.4 is 5.32 Å². The number of ketones is 1. The van der Waals surface area contributed by atoms with Crippen LogP contribution in [0.3, 0.4) is 0 Å². The lowest BCUT2D eigenvalue weighted by atomic mass is 10.1. The molecule has 0 aliphatic carbocycles. The number of hydrogen-bond acceptors (Lipinski definition) is 4. The quantitative estimate of drug-likeness (QED) is 0.668. The second-order valence-corrected chi connectivity index (χ2v) is 7.16. The summed E-state index contributed by atoms with van der Waals surface area (Å²) < 4.78 is 13.1. The highest BCUT2D eigenvalue weighted by Gasteiger charge is 2.15. The average Bonchev–Trinajstić information content (AvgIpc) is 2.95. The molecule has 1 heterocycles. The van der Waals surface area contributed by atoms with E-state index in [-0.39, 0.29) is 23.9 Å². The number of halogens is 1. The van der Waals surface area contributed by atoms with Crippen LogP contribution in [0.25, 0.3) is 11.3 Å². The van der Waals surface area contributed by atoms with E-state index in [4.69, 9.17) is 0 Å². The van der Waals surface area contributed by atoms with Gasteiger partial charge in [0.25, 0.3) is 0 Å². The van der Waals surface area contributed by atoms with Gasteiger partial charge in [-0.3, -0.25) is 9.59 Å². The van der Waals surface area contributed by atoms with Crippen LogP contribution in [0.5, 0.6) is 0 Å². The van der Waals surface area contributed by atoms with Crippen molar-refractivity contribution >= 4 is 28.7 Å². The Labute approximate surface area is 154 Å². The van der Waals surface area contributed by atoms with Crippen LogP contribution in [0, 0.1) is 12.7 Å². The molecule has 0 aliphatic heterocycles. The van der Waals surface area contributed by atoms with Gasteiger partial charge in [0.05, 0.1) is 17.1 Å². The van der Waals surface area contributed by atoms with Gasteiger partial charge in [-0.2, -0.15) is 0 Å². The molecule has 0 unspecified atom stereocenters. The van der Waals surface area contributed by atoms with Crippen molar-refractivity contribution in [3.63, 3.8) is 0 Å². The number of Topliss-reactive ketones (excluding diaryl/α,β-unsaturated/α-hetero) is 1. The van der Waals surface area contributed by atoms with E-state index in [0.29, 0.717) is 16.9 Å². The molecule has 1 N–H and O–H groups in total. The van der Waals surface area contributed by atoms with Crippen molar-refractivity contribution < 1.29 is 14.0 Å². The summed E-state index contributed by atoms with van der Waals surface area (Å²) in [6, 6.07) is 12.9. The Bertz CT molecular complexity index is 964. The predicted molar refractivity (Wildman–Crippen MR) is 101 cm³/mol. The van der Waals surface area contributed by atoms with Gasteiger partial charge in [0.15, 0.2) is 5.78 Å². The van der Waals surface area contributed by atoms with E-state index in [9.17, 15) is 14.0 Å². The smallest absolute Gasteiger partial charge is 0.229 e. The summed E-state index contributed by atoms with van der Waals surface area (Å²) in [4.78, 5) is 29.2. The lowest BCUT2D eigenvalue weighted by Gasteiger charge is -2.07. The molecule has 1 aromatic heterocycles. The van der Waals surface area contributed by atoms with Crippen LogP contribution >= 0.6 is 11.3 Å². The maximum absolute atomic E-state index is 13.1. The van der Waals surface area contributed by atoms with Crippen molar-refractivity contribution in [1.29, 1.82) is 0 Å². The third kappa shape index (κ3) is 4.21. The first-order chi connectivity index (χ1) is 12.4. The van der Waals surface area contributed by atoms with E-state index < -0.39 is 0 Å². The number of carbonyl (C=O) groups is 2.